The molecule has 0 fully saturated rings. The van der Waals surface area contributed by atoms with Crippen LogP contribution in [-0.2, 0) is 6.42 Å². The van der Waals surface area contributed by atoms with Crippen molar-refractivity contribution in [3.8, 4) is 0 Å². The lowest BCUT2D eigenvalue weighted by Gasteiger charge is -2.07. The molecule has 18 heavy (non-hydrogen) atoms. The van der Waals surface area contributed by atoms with Crippen LogP contribution in [0.4, 0.5) is 0 Å². The van der Waals surface area contributed by atoms with Crippen molar-refractivity contribution in [1.29, 1.82) is 0 Å². The number of nitrogens with zero attached hydrogens (tertiary/aromatic N) is 1. The summed E-state index contributed by atoms with van der Waals surface area (Å²) in [4.78, 5) is 4.35. The summed E-state index contributed by atoms with van der Waals surface area (Å²) in [7, 11) is 0. The molecule has 1 atom stereocenters. The molecule has 1 heterocycles. The third-order valence-electron chi connectivity index (χ3n) is 2.89. The van der Waals surface area contributed by atoms with Gasteiger partial charge in [-0.15, -0.1) is 0 Å². The van der Waals surface area contributed by atoms with E-state index in [1.54, 1.807) is 0 Å². The minimum atomic E-state index is -0.584. The number of hydrogen-bond donors (Lipinski definition) is 1. The van der Waals surface area contributed by atoms with Gasteiger partial charge in [0.25, 0.3) is 0 Å². The Morgan fingerprint density at radius 3 is 2.50 bits per heavy atom. The van der Waals surface area contributed by atoms with Crippen LogP contribution in [0.25, 0.3) is 11.1 Å². The van der Waals surface area contributed by atoms with Gasteiger partial charge in [0, 0.05) is 0 Å². The highest BCUT2D eigenvalue weighted by molar-refractivity contribution is 5.72. The quantitative estimate of drug-likeness (QED) is 0.763. The minimum absolute atomic E-state index is 0.388. The maximum absolute atomic E-state index is 10.1. The molecule has 0 unspecified atom stereocenters. The number of aliphatic hydroxyl groups is 1. The summed E-state index contributed by atoms with van der Waals surface area (Å²) in [6, 6.07) is 17.1. The van der Waals surface area contributed by atoms with Gasteiger partial charge in [0.2, 0.25) is 0 Å². The van der Waals surface area contributed by atoms with Crippen LogP contribution in [0.15, 0.2) is 59.0 Å². The Labute approximate surface area is 105 Å². The number of aliphatic hydroxyl groups excluding tert-OH is 1. The number of hydrogen-bond acceptors (Lipinski definition) is 3. The average Bonchev–Trinajstić information content (AvgIpc) is 2.82. The van der Waals surface area contributed by atoms with Gasteiger partial charge in [-0.05, 0) is 17.7 Å². The first-order valence-electron chi connectivity index (χ1n) is 5.90. The molecule has 3 heteroatoms. The van der Waals surface area contributed by atoms with Crippen LogP contribution in [0, 0.1) is 0 Å². The van der Waals surface area contributed by atoms with Crippen molar-refractivity contribution >= 4 is 11.1 Å². The van der Waals surface area contributed by atoms with E-state index in [4.69, 9.17) is 4.42 Å². The van der Waals surface area contributed by atoms with Gasteiger partial charge in [-0.2, -0.15) is 0 Å². The molecule has 1 aromatic heterocycles. The zero-order chi connectivity index (χ0) is 12.4. The summed E-state index contributed by atoms with van der Waals surface area (Å²) in [5.41, 5.74) is 2.46. The van der Waals surface area contributed by atoms with Crippen LogP contribution in [0.5, 0.6) is 0 Å². The second-order valence-corrected chi connectivity index (χ2v) is 4.21. The second-order valence-electron chi connectivity index (χ2n) is 4.21. The third kappa shape index (κ3) is 2.13. The molecule has 3 aromatic rings. The Bertz CT molecular complexity index is 613. The zero-order valence-electron chi connectivity index (χ0n) is 9.78. The van der Waals surface area contributed by atoms with Crippen molar-refractivity contribution in [1.82, 2.24) is 4.98 Å². The molecule has 1 N–H and O–H groups in total. The van der Waals surface area contributed by atoms with Gasteiger partial charge in [-0.1, -0.05) is 42.5 Å². The number of para-hydroxylation sites is 2. The molecule has 0 aliphatic heterocycles. The first kappa shape index (κ1) is 11.0. The molecule has 2 aromatic carbocycles. The van der Waals surface area contributed by atoms with Crippen molar-refractivity contribution < 1.29 is 9.52 Å². The summed E-state index contributed by atoms with van der Waals surface area (Å²) in [5, 5.41) is 10.1. The van der Waals surface area contributed by atoms with E-state index in [2.05, 4.69) is 4.98 Å². The highest BCUT2D eigenvalue weighted by atomic mass is 16.4. The fourth-order valence-electron chi connectivity index (χ4n) is 1.97. The summed E-state index contributed by atoms with van der Waals surface area (Å²) < 4.78 is 5.59. The standard InChI is InChI=1S/C15H13NO2/c17-13(11-6-2-1-3-7-11)10-15-16-12-8-4-5-9-14(12)18-15/h1-9,13,17H,10H2/t13-/m0/s1. The lowest BCUT2D eigenvalue weighted by Crippen LogP contribution is -2.01. The van der Waals surface area contributed by atoms with Gasteiger partial charge in [-0.25, -0.2) is 4.98 Å². The molecule has 0 radical (unpaired) electrons. The number of oxazole rings is 1. The van der Waals surface area contributed by atoms with E-state index in [1.165, 1.54) is 0 Å². The van der Waals surface area contributed by atoms with Crippen molar-refractivity contribution in [2.45, 2.75) is 12.5 Å². The SMILES string of the molecule is O[C@@H](Cc1nc2ccccc2o1)c1ccccc1. The third-order valence-corrected chi connectivity index (χ3v) is 2.89. The monoisotopic (exact) mass is 239 g/mol. The van der Waals surface area contributed by atoms with Crippen LogP contribution in [-0.4, -0.2) is 10.1 Å². The number of aromatic nitrogens is 1. The van der Waals surface area contributed by atoms with E-state index < -0.39 is 6.10 Å². The van der Waals surface area contributed by atoms with E-state index in [-0.39, 0.29) is 0 Å². The summed E-state index contributed by atoms with van der Waals surface area (Å²) in [5.74, 6) is 0.563. The topological polar surface area (TPSA) is 46.3 Å². The predicted octanol–water partition coefficient (Wildman–Crippen LogP) is 3.10. The Balaban J connectivity index is 1.84. The summed E-state index contributed by atoms with van der Waals surface area (Å²) in [6.45, 7) is 0. The number of benzene rings is 2. The molecule has 0 saturated heterocycles. The minimum Gasteiger partial charge on any atom is -0.441 e. The van der Waals surface area contributed by atoms with Gasteiger partial charge < -0.3 is 9.52 Å². The van der Waals surface area contributed by atoms with Crippen LogP contribution >= 0.6 is 0 Å². The normalized spacial score (nSPS) is 12.7. The summed E-state index contributed by atoms with van der Waals surface area (Å²) >= 11 is 0. The molecule has 90 valence electrons. The van der Waals surface area contributed by atoms with Gasteiger partial charge >= 0.3 is 0 Å². The van der Waals surface area contributed by atoms with Crippen LogP contribution in [0.3, 0.4) is 0 Å². The van der Waals surface area contributed by atoms with Crippen LogP contribution < -0.4 is 0 Å². The van der Waals surface area contributed by atoms with E-state index in [1.807, 2.05) is 54.6 Å². The highest BCUT2D eigenvalue weighted by Crippen LogP contribution is 2.21. The zero-order valence-corrected chi connectivity index (χ0v) is 9.78. The molecular formula is C15H13NO2. The number of fused-ring (bicyclic) bond motifs is 1. The molecule has 0 aliphatic carbocycles. The molecule has 0 amide bonds. The average molecular weight is 239 g/mol. The first-order valence-corrected chi connectivity index (χ1v) is 5.90. The molecule has 0 spiro atoms. The Morgan fingerprint density at radius 2 is 1.72 bits per heavy atom. The summed E-state index contributed by atoms with van der Waals surface area (Å²) in [6.07, 6.45) is -0.196. The van der Waals surface area contributed by atoms with Gasteiger partial charge in [-0.3, -0.25) is 0 Å². The van der Waals surface area contributed by atoms with Gasteiger partial charge in [0.1, 0.15) is 5.52 Å². The van der Waals surface area contributed by atoms with Crippen LogP contribution in [0.2, 0.25) is 0 Å². The van der Waals surface area contributed by atoms with Crippen molar-refractivity contribution in [3.63, 3.8) is 0 Å². The predicted molar refractivity (Wildman–Crippen MR) is 69.1 cm³/mol. The maximum atomic E-state index is 10.1. The molecule has 0 saturated carbocycles. The lowest BCUT2D eigenvalue weighted by atomic mass is 10.1. The Hall–Kier alpha value is -2.13. The van der Waals surface area contributed by atoms with Gasteiger partial charge in [0.05, 0.1) is 12.5 Å². The maximum Gasteiger partial charge on any atom is 0.198 e. The van der Waals surface area contributed by atoms with E-state index in [0.29, 0.717) is 12.3 Å². The number of rotatable bonds is 3. The van der Waals surface area contributed by atoms with Crippen molar-refractivity contribution in [3.05, 3.63) is 66.1 Å². The fraction of sp³-hybridized carbons (Fsp3) is 0.133. The molecular weight excluding hydrogens is 226 g/mol. The fourth-order valence-corrected chi connectivity index (χ4v) is 1.97. The van der Waals surface area contributed by atoms with E-state index in [9.17, 15) is 5.11 Å². The van der Waals surface area contributed by atoms with Crippen molar-refractivity contribution in [2.75, 3.05) is 0 Å². The van der Waals surface area contributed by atoms with Gasteiger partial charge in [0.15, 0.2) is 11.5 Å². The van der Waals surface area contributed by atoms with Crippen LogP contribution in [0.1, 0.15) is 17.6 Å². The Morgan fingerprint density at radius 1 is 1.00 bits per heavy atom. The smallest absolute Gasteiger partial charge is 0.198 e. The molecule has 0 bridgehead atoms. The van der Waals surface area contributed by atoms with Crippen molar-refractivity contribution in [2.24, 2.45) is 0 Å². The van der Waals surface area contributed by atoms with E-state index in [0.717, 1.165) is 16.7 Å². The lowest BCUT2D eigenvalue weighted by molar-refractivity contribution is 0.169. The first-order chi connectivity index (χ1) is 8.83. The Kier molecular flexibility index (Phi) is 2.82. The molecule has 0 aliphatic rings. The second kappa shape index (κ2) is 4.63. The van der Waals surface area contributed by atoms with E-state index >= 15 is 0 Å². The molecule has 3 rings (SSSR count). The molecule has 3 nitrogen and oxygen atoms in total. The largest absolute Gasteiger partial charge is 0.441 e. The highest BCUT2D eigenvalue weighted by Gasteiger charge is 2.12.